The maximum absolute atomic E-state index is 12.4. The Morgan fingerprint density at radius 3 is 2.15 bits per heavy atom. The SMILES string of the molecule is O=C(CC1(C(=O)O)CCCC1)N(CCO)CC(F)(F)F. The number of carboxylic acids is 1. The lowest BCUT2D eigenvalue weighted by Gasteiger charge is -2.28. The Hall–Kier alpha value is -1.31. The fourth-order valence-corrected chi connectivity index (χ4v) is 2.55. The van der Waals surface area contributed by atoms with Gasteiger partial charge in [0, 0.05) is 13.0 Å². The summed E-state index contributed by atoms with van der Waals surface area (Å²) in [4.78, 5) is 23.7. The molecule has 0 aromatic carbocycles. The molecule has 0 heterocycles. The van der Waals surface area contributed by atoms with Crippen molar-refractivity contribution in [2.75, 3.05) is 19.7 Å². The van der Waals surface area contributed by atoms with Crippen molar-refractivity contribution in [3.05, 3.63) is 0 Å². The van der Waals surface area contributed by atoms with Crippen molar-refractivity contribution in [2.45, 2.75) is 38.3 Å². The van der Waals surface area contributed by atoms with E-state index < -0.39 is 49.6 Å². The lowest BCUT2D eigenvalue weighted by molar-refractivity contribution is -0.166. The van der Waals surface area contributed by atoms with Gasteiger partial charge in [-0.1, -0.05) is 12.8 Å². The normalized spacial score (nSPS) is 18.0. The predicted octanol–water partition coefficient (Wildman–Crippen LogP) is 1.40. The minimum absolute atomic E-state index is 0.299. The highest BCUT2D eigenvalue weighted by Gasteiger charge is 2.44. The minimum atomic E-state index is -4.57. The molecule has 1 fully saturated rings. The number of nitrogens with zero attached hydrogens (tertiary/aromatic N) is 1. The average molecular weight is 297 g/mol. The van der Waals surface area contributed by atoms with Crippen molar-refractivity contribution >= 4 is 11.9 Å². The third-order valence-corrected chi connectivity index (χ3v) is 3.60. The second kappa shape index (κ2) is 6.43. The molecule has 5 nitrogen and oxygen atoms in total. The van der Waals surface area contributed by atoms with E-state index >= 15 is 0 Å². The molecule has 0 aromatic heterocycles. The van der Waals surface area contributed by atoms with Gasteiger partial charge in [0.05, 0.1) is 12.0 Å². The van der Waals surface area contributed by atoms with E-state index in [2.05, 4.69) is 0 Å². The minimum Gasteiger partial charge on any atom is -0.481 e. The molecular formula is C12H18F3NO4. The van der Waals surface area contributed by atoms with Gasteiger partial charge < -0.3 is 15.1 Å². The monoisotopic (exact) mass is 297 g/mol. The van der Waals surface area contributed by atoms with Crippen LogP contribution >= 0.6 is 0 Å². The summed E-state index contributed by atoms with van der Waals surface area (Å²) in [6.45, 7) is -2.52. The number of hydrogen-bond donors (Lipinski definition) is 2. The average Bonchev–Trinajstić information content (AvgIpc) is 2.76. The second-order valence-electron chi connectivity index (χ2n) is 5.12. The van der Waals surface area contributed by atoms with E-state index in [0.717, 1.165) is 0 Å². The van der Waals surface area contributed by atoms with Gasteiger partial charge in [0.1, 0.15) is 6.54 Å². The molecule has 20 heavy (non-hydrogen) atoms. The van der Waals surface area contributed by atoms with Crippen LogP contribution in [-0.4, -0.2) is 52.9 Å². The van der Waals surface area contributed by atoms with Crippen LogP contribution in [0.5, 0.6) is 0 Å². The molecule has 0 atom stereocenters. The highest BCUT2D eigenvalue weighted by Crippen LogP contribution is 2.41. The fraction of sp³-hybridized carbons (Fsp3) is 0.833. The van der Waals surface area contributed by atoms with E-state index in [1.807, 2.05) is 0 Å². The number of carbonyl (C=O) groups excluding carboxylic acids is 1. The summed E-state index contributed by atoms with van der Waals surface area (Å²) in [5.41, 5.74) is -1.25. The van der Waals surface area contributed by atoms with Crippen LogP contribution in [0.15, 0.2) is 0 Å². The maximum atomic E-state index is 12.4. The number of amides is 1. The molecule has 1 saturated carbocycles. The number of alkyl halides is 3. The first-order chi connectivity index (χ1) is 9.20. The molecule has 0 spiro atoms. The molecule has 1 rings (SSSR count). The first kappa shape index (κ1) is 16.7. The smallest absolute Gasteiger partial charge is 0.406 e. The van der Waals surface area contributed by atoms with Gasteiger partial charge in [0.2, 0.25) is 5.91 Å². The summed E-state index contributed by atoms with van der Waals surface area (Å²) in [6, 6.07) is 0. The molecule has 1 aliphatic carbocycles. The van der Waals surface area contributed by atoms with Crippen LogP contribution in [0.2, 0.25) is 0 Å². The molecule has 0 aliphatic heterocycles. The van der Waals surface area contributed by atoms with E-state index in [0.29, 0.717) is 30.6 Å². The molecule has 0 bridgehead atoms. The summed E-state index contributed by atoms with van der Waals surface area (Å²) >= 11 is 0. The first-order valence-corrected chi connectivity index (χ1v) is 6.39. The largest absolute Gasteiger partial charge is 0.481 e. The highest BCUT2D eigenvalue weighted by molar-refractivity contribution is 5.85. The van der Waals surface area contributed by atoms with Crippen LogP contribution in [0, 0.1) is 5.41 Å². The molecule has 8 heteroatoms. The molecular weight excluding hydrogens is 279 g/mol. The number of aliphatic hydroxyl groups is 1. The molecule has 1 aliphatic rings. The Balaban J connectivity index is 2.76. The molecule has 0 aromatic rings. The van der Waals surface area contributed by atoms with Crippen molar-refractivity contribution in [3.8, 4) is 0 Å². The molecule has 0 radical (unpaired) electrons. The Morgan fingerprint density at radius 1 is 1.20 bits per heavy atom. The Morgan fingerprint density at radius 2 is 1.75 bits per heavy atom. The van der Waals surface area contributed by atoms with Crippen molar-refractivity contribution in [1.82, 2.24) is 4.90 Å². The molecule has 1 amide bonds. The topological polar surface area (TPSA) is 77.8 Å². The highest BCUT2D eigenvalue weighted by atomic mass is 19.4. The van der Waals surface area contributed by atoms with Gasteiger partial charge in [-0.05, 0) is 12.8 Å². The van der Waals surface area contributed by atoms with Crippen molar-refractivity contribution in [2.24, 2.45) is 5.41 Å². The summed E-state index contributed by atoms with van der Waals surface area (Å²) in [6.07, 6.45) is -3.12. The van der Waals surface area contributed by atoms with Crippen LogP contribution in [0.25, 0.3) is 0 Å². The van der Waals surface area contributed by atoms with Gasteiger partial charge in [-0.3, -0.25) is 9.59 Å². The lowest BCUT2D eigenvalue weighted by atomic mass is 9.82. The van der Waals surface area contributed by atoms with Gasteiger partial charge in [0.25, 0.3) is 0 Å². The van der Waals surface area contributed by atoms with E-state index in [-0.39, 0.29) is 0 Å². The fourth-order valence-electron chi connectivity index (χ4n) is 2.55. The van der Waals surface area contributed by atoms with E-state index in [4.69, 9.17) is 5.11 Å². The number of hydrogen-bond acceptors (Lipinski definition) is 3. The Kier molecular flexibility index (Phi) is 5.38. The number of carboxylic acid groups (broad SMARTS) is 1. The number of rotatable bonds is 6. The third kappa shape index (κ3) is 4.36. The van der Waals surface area contributed by atoms with Crippen molar-refractivity contribution < 1.29 is 33.0 Å². The summed E-state index contributed by atoms with van der Waals surface area (Å²) < 4.78 is 37.1. The Labute approximate surface area is 114 Å². The van der Waals surface area contributed by atoms with Gasteiger partial charge in [-0.15, -0.1) is 0 Å². The predicted molar refractivity (Wildman–Crippen MR) is 62.9 cm³/mol. The summed E-state index contributed by atoms with van der Waals surface area (Å²) in [5, 5.41) is 18.0. The number of halogens is 3. The van der Waals surface area contributed by atoms with Crippen molar-refractivity contribution in [1.29, 1.82) is 0 Å². The zero-order chi connectivity index (χ0) is 15.4. The molecule has 116 valence electrons. The second-order valence-corrected chi connectivity index (χ2v) is 5.12. The van der Waals surface area contributed by atoms with E-state index in [1.54, 1.807) is 0 Å². The van der Waals surface area contributed by atoms with Gasteiger partial charge in [-0.25, -0.2) is 0 Å². The zero-order valence-electron chi connectivity index (χ0n) is 10.9. The summed E-state index contributed by atoms with van der Waals surface area (Å²) in [7, 11) is 0. The number of carbonyl (C=O) groups is 2. The van der Waals surface area contributed by atoms with Crippen LogP contribution in [0.1, 0.15) is 32.1 Å². The van der Waals surface area contributed by atoms with Crippen LogP contribution in [0.4, 0.5) is 13.2 Å². The quantitative estimate of drug-likeness (QED) is 0.777. The van der Waals surface area contributed by atoms with E-state index in [1.165, 1.54) is 0 Å². The Bertz CT molecular complexity index is 364. The third-order valence-electron chi connectivity index (χ3n) is 3.60. The number of aliphatic carboxylic acids is 1. The summed E-state index contributed by atoms with van der Waals surface area (Å²) in [5.74, 6) is -2.01. The van der Waals surface area contributed by atoms with Gasteiger partial charge in [0.15, 0.2) is 0 Å². The molecule has 0 unspecified atom stereocenters. The lowest BCUT2D eigenvalue weighted by Crippen LogP contribution is -2.44. The number of aliphatic hydroxyl groups excluding tert-OH is 1. The maximum Gasteiger partial charge on any atom is 0.406 e. The zero-order valence-corrected chi connectivity index (χ0v) is 10.9. The van der Waals surface area contributed by atoms with E-state index in [9.17, 15) is 27.9 Å². The first-order valence-electron chi connectivity index (χ1n) is 6.39. The van der Waals surface area contributed by atoms with Crippen LogP contribution in [-0.2, 0) is 9.59 Å². The van der Waals surface area contributed by atoms with Crippen LogP contribution in [0.3, 0.4) is 0 Å². The van der Waals surface area contributed by atoms with Gasteiger partial charge in [-0.2, -0.15) is 13.2 Å². The standard InChI is InChI=1S/C12H18F3NO4/c13-12(14,15)8-16(5-6-17)9(18)7-11(10(19)20)3-1-2-4-11/h17H,1-8H2,(H,19,20). The van der Waals surface area contributed by atoms with Crippen molar-refractivity contribution in [3.63, 3.8) is 0 Å². The molecule has 0 saturated heterocycles. The molecule has 2 N–H and O–H groups in total. The van der Waals surface area contributed by atoms with Crippen LogP contribution < -0.4 is 0 Å². The van der Waals surface area contributed by atoms with Gasteiger partial charge >= 0.3 is 12.1 Å².